The fraction of sp³-hybridized carbons (Fsp3) is 0.312. The van der Waals surface area contributed by atoms with E-state index in [-0.39, 0.29) is 12.5 Å². The molecular weight excluding hydrogens is 282 g/mol. The molecule has 1 aromatic carbocycles. The Bertz CT molecular complexity index is 835. The molecule has 0 unspecified atom stereocenters. The molecule has 0 atom stereocenters. The first-order valence-corrected chi connectivity index (χ1v) is 7.19. The molecule has 1 amide bonds. The van der Waals surface area contributed by atoms with Crippen molar-refractivity contribution in [2.45, 2.75) is 26.4 Å². The number of hydrogen-bond donors (Lipinski definition) is 1. The maximum Gasteiger partial charge on any atom is 0.328 e. The summed E-state index contributed by atoms with van der Waals surface area (Å²) in [4.78, 5) is 39.5. The van der Waals surface area contributed by atoms with Crippen molar-refractivity contribution in [2.24, 2.45) is 0 Å². The van der Waals surface area contributed by atoms with Crippen LogP contribution in [0.3, 0.4) is 0 Å². The molecule has 1 aromatic heterocycles. The zero-order valence-corrected chi connectivity index (χ0v) is 12.3. The van der Waals surface area contributed by atoms with E-state index in [0.717, 1.165) is 12.0 Å². The molecule has 6 nitrogen and oxygen atoms in total. The Morgan fingerprint density at radius 3 is 2.73 bits per heavy atom. The van der Waals surface area contributed by atoms with Crippen LogP contribution in [0.15, 0.2) is 40.1 Å². The summed E-state index contributed by atoms with van der Waals surface area (Å²) >= 11 is 0. The fourth-order valence-electron chi connectivity index (χ4n) is 2.69. The highest BCUT2D eigenvalue weighted by Gasteiger charge is 2.20. The monoisotopic (exact) mass is 299 g/mol. The number of H-pyrrole nitrogens is 1. The van der Waals surface area contributed by atoms with E-state index >= 15 is 0 Å². The van der Waals surface area contributed by atoms with Gasteiger partial charge < -0.3 is 4.90 Å². The lowest BCUT2D eigenvalue weighted by Crippen LogP contribution is -2.41. The first kappa shape index (κ1) is 14.3. The topological polar surface area (TPSA) is 75.2 Å². The highest BCUT2D eigenvalue weighted by molar-refractivity contribution is 5.76. The van der Waals surface area contributed by atoms with E-state index in [1.807, 2.05) is 18.2 Å². The molecule has 0 spiro atoms. The smallest absolute Gasteiger partial charge is 0.328 e. The number of benzene rings is 1. The van der Waals surface area contributed by atoms with E-state index in [1.165, 1.54) is 16.3 Å². The zero-order valence-electron chi connectivity index (χ0n) is 12.3. The van der Waals surface area contributed by atoms with Crippen molar-refractivity contribution in [1.82, 2.24) is 14.5 Å². The van der Waals surface area contributed by atoms with Gasteiger partial charge in [0.1, 0.15) is 6.54 Å². The van der Waals surface area contributed by atoms with Crippen LogP contribution >= 0.6 is 0 Å². The molecule has 1 aliphatic rings. The number of aromatic amines is 1. The minimum Gasteiger partial charge on any atom is -0.336 e. The van der Waals surface area contributed by atoms with E-state index in [1.54, 1.807) is 11.8 Å². The van der Waals surface area contributed by atoms with Gasteiger partial charge in [0, 0.05) is 24.8 Å². The number of carbonyl (C=O) groups excluding carboxylic acids is 1. The molecule has 114 valence electrons. The quantitative estimate of drug-likeness (QED) is 0.874. The van der Waals surface area contributed by atoms with Gasteiger partial charge in [-0.25, -0.2) is 4.79 Å². The maximum atomic E-state index is 12.4. The molecule has 0 saturated heterocycles. The van der Waals surface area contributed by atoms with Crippen molar-refractivity contribution in [3.63, 3.8) is 0 Å². The maximum absolute atomic E-state index is 12.4. The standard InChI is InChI=1S/C16H17N3O3/c1-11-8-19(16(22)17-15(11)21)10-14(20)18-7-6-12-4-2-3-5-13(12)9-18/h2-5,8H,6-7,9-10H2,1H3,(H,17,21,22). The molecule has 0 bridgehead atoms. The summed E-state index contributed by atoms with van der Waals surface area (Å²) in [7, 11) is 0. The number of amides is 1. The van der Waals surface area contributed by atoms with E-state index in [4.69, 9.17) is 0 Å². The summed E-state index contributed by atoms with van der Waals surface area (Å²) in [5.41, 5.74) is 1.86. The lowest BCUT2D eigenvalue weighted by Gasteiger charge is -2.29. The molecule has 6 heteroatoms. The number of rotatable bonds is 2. The van der Waals surface area contributed by atoms with Crippen LogP contribution in [0.2, 0.25) is 0 Å². The number of nitrogens with zero attached hydrogens (tertiary/aromatic N) is 2. The molecular formula is C16H17N3O3. The molecule has 2 aromatic rings. The van der Waals surface area contributed by atoms with Crippen LogP contribution in [0.25, 0.3) is 0 Å². The van der Waals surface area contributed by atoms with Crippen LogP contribution < -0.4 is 11.2 Å². The average Bonchev–Trinajstić information content (AvgIpc) is 2.52. The number of fused-ring (bicyclic) bond motifs is 1. The molecule has 3 rings (SSSR count). The predicted octanol–water partition coefficient (Wildman–Crippen LogP) is 0.430. The summed E-state index contributed by atoms with van der Waals surface area (Å²) < 4.78 is 1.25. The van der Waals surface area contributed by atoms with Gasteiger partial charge in [0.15, 0.2) is 0 Å². The second-order valence-corrected chi connectivity index (χ2v) is 5.53. The van der Waals surface area contributed by atoms with Gasteiger partial charge in [-0.15, -0.1) is 0 Å². The second-order valence-electron chi connectivity index (χ2n) is 5.53. The second kappa shape index (κ2) is 5.63. The van der Waals surface area contributed by atoms with E-state index in [9.17, 15) is 14.4 Å². The molecule has 1 N–H and O–H groups in total. The summed E-state index contributed by atoms with van der Waals surface area (Å²) in [6.45, 7) is 2.76. The average molecular weight is 299 g/mol. The number of nitrogens with one attached hydrogen (secondary N) is 1. The highest BCUT2D eigenvalue weighted by Crippen LogP contribution is 2.18. The van der Waals surface area contributed by atoms with E-state index in [2.05, 4.69) is 11.1 Å². The summed E-state index contributed by atoms with van der Waals surface area (Å²) in [5, 5.41) is 0. The first-order chi connectivity index (χ1) is 10.5. The molecule has 22 heavy (non-hydrogen) atoms. The van der Waals surface area contributed by atoms with E-state index in [0.29, 0.717) is 18.7 Å². The summed E-state index contributed by atoms with van der Waals surface area (Å²) in [6.07, 6.45) is 2.25. The van der Waals surface area contributed by atoms with Gasteiger partial charge in [0.25, 0.3) is 5.56 Å². The Morgan fingerprint density at radius 1 is 1.23 bits per heavy atom. The van der Waals surface area contributed by atoms with E-state index < -0.39 is 11.2 Å². The van der Waals surface area contributed by atoms with Crippen molar-refractivity contribution in [1.29, 1.82) is 0 Å². The SMILES string of the molecule is Cc1cn(CC(=O)N2CCc3ccccc3C2)c(=O)[nH]c1=O. The Hall–Kier alpha value is -2.63. The van der Waals surface area contributed by atoms with Gasteiger partial charge in [0.2, 0.25) is 5.91 Å². The van der Waals surface area contributed by atoms with Crippen molar-refractivity contribution < 1.29 is 4.79 Å². The molecule has 0 fully saturated rings. The highest BCUT2D eigenvalue weighted by atomic mass is 16.2. The Labute approximate surface area is 127 Å². The Kier molecular flexibility index (Phi) is 3.66. The molecule has 1 aliphatic heterocycles. The van der Waals surface area contributed by atoms with Crippen molar-refractivity contribution in [3.8, 4) is 0 Å². The number of carbonyl (C=O) groups is 1. The van der Waals surface area contributed by atoms with Crippen molar-refractivity contribution in [2.75, 3.05) is 6.54 Å². The fourth-order valence-corrected chi connectivity index (χ4v) is 2.69. The zero-order chi connectivity index (χ0) is 15.7. The normalized spacial score (nSPS) is 13.8. The van der Waals surface area contributed by atoms with Crippen molar-refractivity contribution >= 4 is 5.91 Å². The van der Waals surface area contributed by atoms with Gasteiger partial charge in [-0.05, 0) is 24.5 Å². The molecule has 0 radical (unpaired) electrons. The van der Waals surface area contributed by atoms with Gasteiger partial charge in [0.05, 0.1) is 0 Å². The third-order valence-corrected chi connectivity index (χ3v) is 3.98. The first-order valence-electron chi connectivity index (χ1n) is 7.19. The van der Waals surface area contributed by atoms with Crippen LogP contribution in [0, 0.1) is 6.92 Å². The van der Waals surface area contributed by atoms with Crippen LogP contribution in [-0.4, -0.2) is 26.9 Å². The minimum atomic E-state index is -0.554. The lowest BCUT2D eigenvalue weighted by molar-refractivity contribution is -0.132. The minimum absolute atomic E-state index is 0.0569. The van der Waals surface area contributed by atoms with Crippen LogP contribution in [0.1, 0.15) is 16.7 Å². The number of aryl methyl sites for hydroxylation is 1. The van der Waals surface area contributed by atoms with Gasteiger partial charge in [-0.2, -0.15) is 0 Å². The molecule has 2 heterocycles. The third-order valence-electron chi connectivity index (χ3n) is 3.98. The van der Waals surface area contributed by atoms with Gasteiger partial charge in [-0.3, -0.25) is 19.1 Å². The number of hydrogen-bond acceptors (Lipinski definition) is 3. The van der Waals surface area contributed by atoms with Crippen molar-refractivity contribution in [3.05, 3.63) is 68.0 Å². The van der Waals surface area contributed by atoms with Crippen LogP contribution in [0.5, 0.6) is 0 Å². The molecule has 0 saturated carbocycles. The number of aromatic nitrogens is 2. The Balaban J connectivity index is 1.78. The largest absolute Gasteiger partial charge is 0.336 e. The molecule has 0 aliphatic carbocycles. The van der Waals surface area contributed by atoms with Crippen LogP contribution in [-0.2, 0) is 24.3 Å². The van der Waals surface area contributed by atoms with Crippen LogP contribution in [0.4, 0.5) is 0 Å². The predicted molar refractivity (Wildman–Crippen MR) is 81.6 cm³/mol. The Morgan fingerprint density at radius 2 is 1.95 bits per heavy atom. The third kappa shape index (κ3) is 2.72. The summed E-state index contributed by atoms with van der Waals surface area (Å²) in [6, 6.07) is 8.06. The summed E-state index contributed by atoms with van der Waals surface area (Å²) in [5.74, 6) is -0.122. The van der Waals surface area contributed by atoms with Gasteiger partial charge in [-0.1, -0.05) is 24.3 Å². The van der Waals surface area contributed by atoms with Gasteiger partial charge >= 0.3 is 5.69 Å². The lowest BCUT2D eigenvalue weighted by atomic mass is 10.00.